The summed E-state index contributed by atoms with van der Waals surface area (Å²) in [5.74, 6) is -0.147. The van der Waals surface area contributed by atoms with E-state index in [-0.39, 0.29) is 17.4 Å². The van der Waals surface area contributed by atoms with Crippen LogP contribution in [0.4, 0.5) is 11.4 Å². The minimum absolute atomic E-state index is 0.0168. The molecule has 0 spiro atoms. The van der Waals surface area contributed by atoms with Crippen LogP contribution >= 0.6 is 0 Å². The summed E-state index contributed by atoms with van der Waals surface area (Å²) in [6.45, 7) is 0.565. The van der Waals surface area contributed by atoms with Crippen LogP contribution in [0.15, 0.2) is 59.6 Å². The number of carbonyl (C=O) groups is 1. The van der Waals surface area contributed by atoms with Gasteiger partial charge in [0.25, 0.3) is 15.9 Å². The van der Waals surface area contributed by atoms with Gasteiger partial charge in [0, 0.05) is 30.9 Å². The average molecular weight is 411 g/mol. The fraction of sp³-hybridized carbons (Fsp3) is 0.238. The number of amides is 1. The van der Waals surface area contributed by atoms with Gasteiger partial charge in [0.15, 0.2) is 0 Å². The number of hydrogen-bond donors (Lipinski definition) is 1. The number of carbonyl (C=O) groups excluding carboxylic acids is 1. The van der Waals surface area contributed by atoms with E-state index in [9.17, 15) is 13.2 Å². The first-order chi connectivity index (χ1) is 14.0. The Hall–Kier alpha value is -2.97. The van der Waals surface area contributed by atoms with Crippen LogP contribution in [0.25, 0.3) is 10.9 Å². The number of sulfonamides is 1. The molecule has 29 heavy (non-hydrogen) atoms. The highest BCUT2D eigenvalue weighted by Crippen LogP contribution is 2.31. The highest BCUT2D eigenvalue weighted by molar-refractivity contribution is 7.93. The number of fused-ring (bicyclic) bond motifs is 2. The molecule has 1 amide bonds. The highest BCUT2D eigenvalue weighted by Gasteiger charge is 2.24. The third-order valence-corrected chi connectivity index (χ3v) is 6.32. The molecule has 1 aliphatic rings. The Morgan fingerprint density at radius 1 is 1.21 bits per heavy atom. The van der Waals surface area contributed by atoms with Crippen LogP contribution in [0.2, 0.25) is 0 Å². The second-order valence-corrected chi connectivity index (χ2v) is 8.51. The molecule has 1 aliphatic heterocycles. The van der Waals surface area contributed by atoms with E-state index in [4.69, 9.17) is 4.74 Å². The van der Waals surface area contributed by atoms with Crippen molar-refractivity contribution in [3.63, 3.8) is 0 Å². The Morgan fingerprint density at radius 3 is 2.86 bits per heavy atom. The molecule has 4 rings (SSSR count). The molecule has 0 fully saturated rings. The maximum absolute atomic E-state index is 13.0. The molecule has 7 nitrogen and oxygen atoms in total. The van der Waals surface area contributed by atoms with E-state index in [2.05, 4.69) is 9.71 Å². The number of ether oxygens (including phenoxy) is 1. The number of pyridine rings is 1. The lowest BCUT2D eigenvalue weighted by Crippen LogP contribution is -2.37. The second-order valence-electron chi connectivity index (χ2n) is 6.86. The number of methoxy groups -OCH3 is 1. The van der Waals surface area contributed by atoms with Crippen molar-refractivity contribution in [2.45, 2.75) is 17.7 Å². The number of anilines is 2. The van der Waals surface area contributed by atoms with Crippen LogP contribution in [0.3, 0.4) is 0 Å². The minimum atomic E-state index is -3.86. The smallest absolute Gasteiger partial charge is 0.264 e. The van der Waals surface area contributed by atoms with Crippen molar-refractivity contribution >= 4 is 38.2 Å². The molecule has 3 aromatic rings. The van der Waals surface area contributed by atoms with Crippen LogP contribution in [0, 0.1) is 0 Å². The number of aryl methyl sites for hydroxylation is 1. The van der Waals surface area contributed by atoms with Crippen molar-refractivity contribution in [3.05, 3.63) is 60.3 Å². The molecule has 0 saturated carbocycles. The van der Waals surface area contributed by atoms with Gasteiger partial charge >= 0.3 is 0 Å². The highest BCUT2D eigenvalue weighted by atomic mass is 32.2. The number of rotatable bonds is 5. The van der Waals surface area contributed by atoms with E-state index < -0.39 is 10.0 Å². The predicted molar refractivity (Wildman–Crippen MR) is 112 cm³/mol. The summed E-state index contributed by atoms with van der Waals surface area (Å²) in [5.41, 5.74) is 2.54. The molecule has 0 aliphatic carbocycles. The van der Waals surface area contributed by atoms with Gasteiger partial charge in [-0.1, -0.05) is 24.3 Å². The quantitative estimate of drug-likeness (QED) is 0.697. The maximum Gasteiger partial charge on any atom is 0.264 e. The number of nitrogens with one attached hydrogen (secondary N) is 1. The topological polar surface area (TPSA) is 88.6 Å². The molecule has 0 radical (unpaired) electrons. The SMILES string of the molecule is COCC(=O)N1CCCc2ccc(NS(=O)(=O)c3cccc4cccnc34)cc21. The Bertz CT molecular complexity index is 1170. The second kappa shape index (κ2) is 7.81. The lowest BCUT2D eigenvalue weighted by Gasteiger charge is -2.30. The van der Waals surface area contributed by atoms with Crippen LogP contribution in [0.1, 0.15) is 12.0 Å². The zero-order valence-electron chi connectivity index (χ0n) is 16.0. The van der Waals surface area contributed by atoms with Gasteiger partial charge in [0.05, 0.1) is 11.2 Å². The van der Waals surface area contributed by atoms with Gasteiger partial charge in [0.1, 0.15) is 11.5 Å². The first-order valence-corrected chi connectivity index (χ1v) is 10.8. The van der Waals surface area contributed by atoms with Gasteiger partial charge < -0.3 is 9.64 Å². The maximum atomic E-state index is 13.0. The number of aromatic nitrogens is 1. The monoisotopic (exact) mass is 411 g/mol. The van der Waals surface area contributed by atoms with Crippen molar-refractivity contribution in [1.29, 1.82) is 0 Å². The normalized spacial score (nSPS) is 13.9. The van der Waals surface area contributed by atoms with E-state index >= 15 is 0 Å². The molecule has 1 N–H and O–H groups in total. The standard InChI is InChI=1S/C21H21N3O4S/c1-28-14-20(25)24-12-4-7-15-9-10-17(13-18(15)24)23-29(26,27)19-8-2-5-16-6-3-11-22-21(16)19/h2-3,5-6,8-11,13,23H,4,7,12,14H2,1H3. The van der Waals surface area contributed by atoms with Crippen molar-refractivity contribution < 1.29 is 17.9 Å². The molecule has 150 valence electrons. The lowest BCUT2D eigenvalue weighted by atomic mass is 10.0. The summed E-state index contributed by atoms with van der Waals surface area (Å²) in [6, 6.07) is 13.9. The Labute approximate surface area is 169 Å². The molecule has 8 heteroatoms. The van der Waals surface area contributed by atoms with Crippen molar-refractivity contribution in [2.75, 3.05) is 29.9 Å². The van der Waals surface area contributed by atoms with Crippen molar-refractivity contribution in [2.24, 2.45) is 0 Å². The van der Waals surface area contributed by atoms with Crippen LogP contribution in [-0.2, 0) is 26.0 Å². The Morgan fingerprint density at radius 2 is 2.03 bits per heavy atom. The van der Waals surface area contributed by atoms with E-state index in [1.807, 2.05) is 18.2 Å². The number of benzene rings is 2. The van der Waals surface area contributed by atoms with E-state index in [0.717, 1.165) is 29.5 Å². The van der Waals surface area contributed by atoms with Crippen LogP contribution in [0.5, 0.6) is 0 Å². The van der Waals surface area contributed by atoms with E-state index in [0.29, 0.717) is 17.7 Å². The van der Waals surface area contributed by atoms with E-state index in [1.54, 1.807) is 35.4 Å². The van der Waals surface area contributed by atoms with Gasteiger partial charge in [0.2, 0.25) is 0 Å². The van der Waals surface area contributed by atoms with E-state index in [1.165, 1.54) is 13.2 Å². The minimum Gasteiger partial charge on any atom is -0.375 e. The number of para-hydroxylation sites is 1. The number of nitrogens with zero attached hydrogens (tertiary/aromatic N) is 2. The molecular weight excluding hydrogens is 390 g/mol. The molecule has 0 atom stereocenters. The first-order valence-electron chi connectivity index (χ1n) is 9.28. The Kier molecular flexibility index (Phi) is 5.21. The summed E-state index contributed by atoms with van der Waals surface area (Å²) < 4.78 is 33.7. The van der Waals surface area contributed by atoms with Crippen LogP contribution < -0.4 is 9.62 Å². The predicted octanol–water partition coefficient (Wildman–Crippen LogP) is 2.96. The molecule has 0 bridgehead atoms. The largest absolute Gasteiger partial charge is 0.375 e. The van der Waals surface area contributed by atoms with Crippen molar-refractivity contribution in [3.8, 4) is 0 Å². The summed E-state index contributed by atoms with van der Waals surface area (Å²) >= 11 is 0. The first kappa shape index (κ1) is 19.4. The number of hydrogen-bond acceptors (Lipinski definition) is 5. The zero-order chi connectivity index (χ0) is 20.4. The summed E-state index contributed by atoms with van der Waals surface area (Å²) in [5, 5.41) is 0.747. The van der Waals surface area contributed by atoms with Crippen molar-refractivity contribution in [1.82, 2.24) is 4.98 Å². The molecule has 2 heterocycles. The average Bonchev–Trinajstić information content (AvgIpc) is 2.72. The summed E-state index contributed by atoms with van der Waals surface area (Å²) in [7, 11) is -2.38. The fourth-order valence-corrected chi connectivity index (χ4v) is 4.83. The summed E-state index contributed by atoms with van der Waals surface area (Å²) in [4.78, 5) is 18.4. The van der Waals surface area contributed by atoms with Crippen LogP contribution in [-0.4, -0.2) is 39.6 Å². The Balaban J connectivity index is 1.69. The fourth-order valence-electron chi connectivity index (χ4n) is 3.60. The zero-order valence-corrected chi connectivity index (χ0v) is 16.8. The van der Waals surface area contributed by atoms with Gasteiger partial charge in [-0.3, -0.25) is 14.5 Å². The third-order valence-electron chi connectivity index (χ3n) is 4.91. The molecule has 2 aromatic carbocycles. The van der Waals surface area contributed by atoms with Gasteiger partial charge in [-0.25, -0.2) is 8.42 Å². The molecular formula is C21H21N3O4S. The molecule has 1 aromatic heterocycles. The summed E-state index contributed by atoms with van der Waals surface area (Å²) in [6.07, 6.45) is 3.26. The molecule has 0 saturated heterocycles. The lowest BCUT2D eigenvalue weighted by molar-refractivity contribution is -0.122. The van der Waals surface area contributed by atoms with Gasteiger partial charge in [-0.2, -0.15) is 0 Å². The molecule has 0 unspecified atom stereocenters. The third kappa shape index (κ3) is 3.81. The van der Waals surface area contributed by atoms with Gasteiger partial charge in [-0.05, 0) is 42.7 Å². The van der Waals surface area contributed by atoms with Gasteiger partial charge in [-0.15, -0.1) is 0 Å².